The van der Waals surface area contributed by atoms with Gasteiger partial charge in [0.15, 0.2) is 0 Å². The van der Waals surface area contributed by atoms with Crippen LogP contribution in [-0.4, -0.2) is 49.9 Å². The number of rotatable bonds is 10. The maximum absolute atomic E-state index is 14.9. The molecule has 1 saturated heterocycles. The smallest absolute Gasteiger partial charge is 0.404 e. The summed E-state index contributed by atoms with van der Waals surface area (Å²) in [5.74, 6) is -2.87. The fourth-order valence-electron chi connectivity index (χ4n) is 4.72. The Balaban J connectivity index is 1.46. The van der Waals surface area contributed by atoms with E-state index in [4.69, 9.17) is 20.9 Å². The summed E-state index contributed by atoms with van der Waals surface area (Å²) >= 11 is 0. The van der Waals surface area contributed by atoms with Crippen LogP contribution < -0.4 is 22.1 Å². The fourth-order valence-corrected chi connectivity index (χ4v) is 4.72. The number of primary amides is 1. The quantitative estimate of drug-likeness (QED) is 0.302. The van der Waals surface area contributed by atoms with Gasteiger partial charge in [-0.1, -0.05) is 30.3 Å². The van der Waals surface area contributed by atoms with E-state index in [9.17, 15) is 22.8 Å². The van der Waals surface area contributed by atoms with Crippen molar-refractivity contribution in [1.29, 1.82) is 0 Å². The third-order valence-corrected chi connectivity index (χ3v) is 6.79. The molecule has 212 valence electrons. The Labute approximate surface area is 229 Å². The molecule has 1 aliphatic rings. The topological polar surface area (TPSA) is 129 Å². The third-order valence-electron chi connectivity index (χ3n) is 6.79. The Hall–Kier alpha value is -3.93. The van der Waals surface area contributed by atoms with Crippen molar-refractivity contribution in [3.63, 3.8) is 0 Å². The van der Waals surface area contributed by atoms with Crippen LogP contribution in [0.5, 0.6) is 0 Å². The lowest BCUT2D eigenvalue weighted by atomic mass is 9.85. The summed E-state index contributed by atoms with van der Waals surface area (Å²) < 4.78 is 53.1. The minimum Gasteiger partial charge on any atom is -0.448 e. The van der Waals surface area contributed by atoms with Gasteiger partial charge in [0, 0.05) is 23.7 Å². The second-order valence-corrected chi connectivity index (χ2v) is 9.59. The van der Waals surface area contributed by atoms with E-state index in [1.165, 1.54) is 54.6 Å². The summed E-state index contributed by atoms with van der Waals surface area (Å²) in [4.78, 5) is 24.1. The largest absolute Gasteiger partial charge is 0.448 e. The van der Waals surface area contributed by atoms with E-state index in [0.717, 1.165) is 0 Å². The first kappa shape index (κ1) is 29.1. The molecule has 4 atom stereocenters. The molecule has 0 aliphatic carbocycles. The van der Waals surface area contributed by atoms with E-state index in [2.05, 4.69) is 10.6 Å². The number of hydrogen-bond donors (Lipinski definition) is 4. The van der Waals surface area contributed by atoms with Crippen LogP contribution in [0.15, 0.2) is 66.7 Å². The van der Waals surface area contributed by atoms with Crippen molar-refractivity contribution >= 4 is 17.7 Å². The molecular formula is C29H31F3N4O4. The molecule has 11 heteroatoms. The SMILES string of the molecule is NC(=O)OC[C@@H]1CO[C@H](CCc2c(F)cccc2NC(=O)[C@@H](N)[C@@H](c2ccc(F)cc2)c2cccc(F)c2)CN1. The predicted octanol–water partition coefficient (Wildman–Crippen LogP) is 3.59. The second kappa shape index (κ2) is 13.4. The van der Waals surface area contributed by atoms with E-state index < -0.39 is 41.4 Å². The zero-order valence-electron chi connectivity index (χ0n) is 21.6. The number of carbonyl (C=O) groups excluding carboxylic acids is 2. The van der Waals surface area contributed by atoms with Crippen molar-refractivity contribution in [3.8, 4) is 0 Å². The van der Waals surface area contributed by atoms with E-state index in [0.29, 0.717) is 30.7 Å². The molecule has 3 aromatic rings. The van der Waals surface area contributed by atoms with Crippen LogP contribution in [-0.2, 0) is 20.7 Å². The van der Waals surface area contributed by atoms with Gasteiger partial charge in [-0.05, 0) is 60.4 Å². The maximum Gasteiger partial charge on any atom is 0.404 e. The van der Waals surface area contributed by atoms with Crippen molar-refractivity contribution in [2.75, 3.05) is 25.1 Å². The summed E-state index contributed by atoms with van der Waals surface area (Å²) in [7, 11) is 0. The standard InChI is InChI=1S/C29H31F3N4O4/c30-19-9-7-17(8-10-19)26(18-3-1-4-20(31)13-18)27(33)28(37)36-25-6-2-5-24(32)23(25)12-11-22-14-35-21(15-39-22)16-40-29(34)38/h1-10,13,21-22,26-27,35H,11-12,14-16,33H2,(H2,34,38)(H,36,37)/t21-,22+,26-,27-/m0/s1. The lowest BCUT2D eigenvalue weighted by molar-refractivity contribution is -0.117. The second-order valence-electron chi connectivity index (χ2n) is 9.59. The number of nitrogens with two attached hydrogens (primary N) is 2. The summed E-state index contributed by atoms with van der Waals surface area (Å²) in [6.07, 6.45) is -0.380. The number of carbonyl (C=O) groups is 2. The zero-order chi connectivity index (χ0) is 28.6. The molecule has 0 unspecified atom stereocenters. The lowest BCUT2D eigenvalue weighted by Crippen LogP contribution is -2.49. The number of amides is 2. The van der Waals surface area contributed by atoms with Gasteiger partial charge in [0.05, 0.1) is 24.8 Å². The molecule has 1 fully saturated rings. The van der Waals surface area contributed by atoms with Crippen molar-refractivity contribution in [3.05, 3.63) is 101 Å². The average molecular weight is 557 g/mol. The van der Waals surface area contributed by atoms with Gasteiger partial charge in [-0.3, -0.25) is 4.79 Å². The number of benzene rings is 3. The highest BCUT2D eigenvalue weighted by atomic mass is 19.1. The predicted molar refractivity (Wildman–Crippen MR) is 143 cm³/mol. The molecule has 6 N–H and O–H groups in total. The number of anilines is 1. The van der Waals surface area contributed by atoms with Gasteiger partial charge in [-0.15, -0.1) is 0 Å². The molecule has 40 heavy (non-hydrogen) atoms. The molecular weight excluding hydrogens is 525 g/mol. The Morgan fingerprint density at radius 1 is 1.02 bits per heavy atom. The first-order valence-electron chi connectivity index (χ1n) is 12.8. The van der Waals surface area contributed by atoms with Crippen LogP contribution in [0.25, 0.3) is 0 Å². The normalized spacial score (nSPS) is 18.5. The van der Waals surface area contributed by atoms with Gasteiger partial charge in [0.2, 0.25) is 5.91 Å². The van der Waals surface area contributed by atoms with Crippen molar-refractivity contribution in [1.82, 2.24) is 5.32 Å². The van der Waals surface area contributed by atoms with Gasteiger partial charge in [0.25, 0.3) is 0 Å². The minimum atomic E-state index is -1.20. The molecule has 4 rings (SSSR count). The lowest BCUT2D eigenvalue weighted by Gasteiger charge is -2.30. The van der Waals surface area contributed by atoms with Crippen LogP contribution in [0, 0.1) is 17.5 Å². The Bertz CT molecular complexity index is 1320. The number of nitrogens with one attached hydrogen (secondary N) is 2. The first-order chi connectivity index (χ1) is 19.2. The molecule has 1 heterocycles. The number of morpholine rings is 1. The van der Waals surface area contributed by atoms with Gasteiger partial charge < -0.3 is 31.6 Å². The van der Waals surface area contributed by atoms with Gasteiger partial charge >= 0.3 is 6.09 Å². The Morgan fingerprint density at radius 2 is 1.77 bits per heavy atom. The van der Waals surface area contributed by atoms with Gasteiger partial charge in [0.1, 0.15) is 24.1 Å². The monoisotopic (exact) mass is 556 g/mol. The van der Waals surface area contributed by atoms with E-state index in [1.54, 1.807) is 12.1 Å². The molecule has 0 radical (unpaired) electrons. The summed E-state index contributed by atoms with van der Waals surface area (Å²) in [6, 6.07) is 14.1. The van der Waals surface area contributed by atoms with E-state index in [1.807, 2.05) is 0 Å². The summed E-state index contributed by atoms with van der Waals surface area (Å²) in [5, 5.41) is 5.93. The van der Waals surface area contributed by atoms with Crippen molar-refractivity contribution in [2.45, 2.75) is 36.9 Å². The Morgan fingerprint density at radius 3 is 2.45 bits per heavy atom. The highest BCUT2D eigenvalue weighted by molar-refractivity contribution is 5.96. The zero-order valence-corrected chi connectivity index (χ0v) is 21.6. The van der Waals surface area contributed by atoms with Crippen LogP contribution in [0.2, 0.25) is 0 Å². The van der Waals surface area contributed by atoms with Gasteiger partial charge in [-0.2, -0.15) is 0 Å². The molecule has 8 nitrogen and oxygen atoms in total. The summed E-state index contributed by atoms with van der Waals surface area (Å²) in [5.41, 5.74) is 12.9. The van der Waals surface area contributed by atoms with Crippen LogP contribution >= 0.6 is 0 Å². The molecule has 3 aromatic carbocycles. The molecule has 2 amide bonds. The van der Waals surface area contributed by atoms with Crippen molar-refractivity contribution < 1.29 is 32.2 Å². The fraction of sp³-hybridized carbons (Fsp3) is 0.310. The Kier molecular flexibility index (Phi) is 9.75. The molecule has 0 spiro atoms. The highest BCUT2D eigenvalue weighted by Gasteiger charge is 2.29. The van der Waals surface area contributed by atoms with E-state index >= 15 is 0 Å². The van der Waals surface area contributed by atoms with Crippen LogP contribution in [0.1, 0.15) is 29.0 Å². The van der Waals surface area contributed by atoms with Crippen LogP contribution in [0.3, 0.4) is 0 Å². The number of hydrogen-bond acceptors (Lipinski definition) is 6. The van der Waals surface area contributed by atoms with Crippen LogP contribution in [0.4, 0.5) is 23.7 Å². The highest BCUT2D eigenvalue weighted by Crippen LogP contribution is 2.30. The molecule has 0 bridgehead atoms. The maximum atomic E-state index is 14.9. The van der Waals surface area contributed by atoms with E-state index in [-0.39, 0.29) is 36.4 Å². The van der Waals surface area contributed by atoms with Gasteiger partial charge in [-0.25, -0.2) is 18.0 Å². The molecule has 0 saturated carbocycles. The minimum absolute atomic E-state index is 0.0837. The van der Waals surface area contributed by atoms with Crippen molar-refractivity contribution in [2.24, 2.45) is 11.5 Å². The number of ether oxygens (including phenoxy) is 2. The number of halogens is 3. The average Bonchev–Trinajstić information content (AvgIpc) is 2.93. The summed E-state index contributed by atoms with van der Waals surface area (Å²) in [6.45, 7) is 0.833. The first-order valence-corrected chi connectivity index (χ1v) is 12.8. The third kappa shape index (κ3) is 7.59. The molecule has 0 aromatic heterocycles. The molecule has 1 aliphatic heterocycles.